The first kappa shape index (κ1) is 29.4. The number of halogens is 3. The minimum Gasteiger partial charge on any atom is -0.490 e. The van der Waals surface area contributed by atoms with Gasteiger partial charge in [0.2, 0.25) is 5.91 Å². The van der Waals surface area contributed by atoms with Gasteiger partial charge in [-0.1, -0.05) is 48.5 Å². The number of alkyl halides is 3. The van der Waals surface area contributed by atoms with Crippen molar-refractivity contribution in [3.05, 3.63) is 89.1 Å². The van der Waals surface area contributed by atoms with Crippen molar-refractivity contribution in [2.75, 3.05) is 25.5 Å². The van der Waals surface area contributed by atoms with Crippen LogP contribution in [-0.4, -0.2) is 64.5 Å². The maximum Gasteiger partial charge on any atom is 0.490 e. The van der Waals surface area contributed by atoms with Gasteiger partial charge in [0, 0.05) is 30.1 Å². The number of para-hydroxylation sites is 1. The third-order valence-electron chi connectivity index (χ3n) is 8.57. The number of likely N-dealkylation sites (tertiary alicyclic amines) is 1. The number of ether oxygens (including phenoxy) is 1. The van der Waals surface area contributed by atoms with Gasteiger partial charge in [0.25, 0.3) is 0 Å². The predicted octanol–water partition coefficient (Wildman–Crippen LogP) is 6.22. The molecule has 0 unspecified atom stereocenters. The van der Waals surface area contributed by atoms with Gasteiger partial charge in [-0.2, -0.15) is 18.3 Å². The molecule has 8 nitrogen and oxygen atoms in total. The Morgan fingerprint density at radius 1 is 1.07 bits per heavy atom. The van der Waals surface area contributed by atoms with Crippen molar-refractivity contribution in [2.24, 2.45) is 0 Å². The molecule has 1 saturated heterocycles. The molecule has 0 bridgehead atoms. The molecule has 44 heavy (non-hydrogen) atoms. The van der Waals surface area contributed by atoms with Crippen LogP contribution in [0.5, 0.6) is 5.75 Å². The molecule has 3 N–H and O–H groups in total. The van der Waals surface area contributed by atoms with Gasteiger partial charge in [-0.3, -0.25) is 9.89 Å². The molecular weight excluding hydrogens is 573 g/mol. The first-order chi connectivity index (χ1) is 21.0. The molecule has 2 atom stereocenters. The van der Waals surface area contributed by atoms with Gasteiger partial charge in [0.1, 0.15) is 11.9 Å². The Bertz CT molecular complexity index is 1730. The monoisotopic (exact) mass is 604 g/mol. The molecule has 1 spiro atoms. The SMILES string of the molecule is CN1CCC(Oc2ccc(/C=C/c3n[nH]c4cc([C@@H]5C[C@@]56C(=O)Nc5ccccc56)ccc34)cc2)CC1.O=C(O)C(F)(F)F. The number of H-pyrrole nitrogens is 1. The van der Waals surface area contributed by atoms with E-state index in [2.05, 4.69) is 82.1 Å². The van der Waals surface area contributed by atoms with Crippen LogP contribution in [0.4, 0.5) is 18.9 Å². The number of nitrogens with one attached hydrogen (secondary N) is 2. The molecule has 1 aliphatic carbocycles. The highest BCUT2D eigenvalue weighted by Crippen LogP contribution is 2.65. The number of carboxylic acid groups (broad SMARTS) is 1. The summed E-state index contributed by atoms with van der Waals surface area (Å²) in [5, 5.41) is 19.0. The lowest BCUT2D eigenvalue weighted by atomic mass is 9.92. The summed E-state index contributed by atoms with van der Waals surface area (Å²) in [5.74, 6) is -1.51. The van der Waals surface area contributed by atoms with Crippen LogP contribution in [-0.2, 0) is 15.0 Å². The summed E-state index contributed by atoms with van der Waals surface area (Å²) in [6.07, 6.45) is 2.35. The minimum absolute atomic E-state index is 0.120. The number of aromatic nitrogens is 2. The number of aromatic amines is 1. The van der Waals surface area contributed by atoms with Gasteiger partial charge in [-0.05, 0) is 73.3 Å². The average Bonchev–Trinajstić information content (AvgIpc) is 3.54. The standard InChI is InChI=1S/C31H30N4O2.C2HF3O2/c1-35-16-14-23(15-17-35)37-22-10-6-20(7-11-22)8-13-27-24-12-9-21(18-29(24)34-33-27)26-19-31(26)25-4-2-3-5-28(25)32-30(31)36;3-2(4,5)1(6)7/h2-13,18,23,26H,14-17,19H2,1H3,(H,32,36)(H,33,34);(H,6,7)/b13-8+;/t26-,31-;/m0./s1. The third kappa shape index (κ3) is 5.79. The number of aliphatic carboxylic acids is 1. The van der Waals surface area contributed by atoms with E-state index in [0.717, 1.165) is 71.5 Å². The molecule has 1 amide bonds. The first-order valence-electron chi connectivity index (χ1n) is 14.4. The molecule has 4 aromatic rings. The number of carboxylic acids is 1. The smallest absolute Gasteiger partial charge is 0.490 e. The van der Waals surface area contributed by atoms with Crippen molar-refractivity contribution in [2.45, 2.75) is 42.9 Å². The number of hydrogen-bond acceptors (Lipinski definition) is 5. The first-order valence-corrected chi connectivity index (χ1v) is 14.4. The van der Waals surface area contributed by atoms with E-state index in [1.54, 1.807) is 0 Å². The fourth-order valence-electron chi connectivity index (χ4n) is 6.08. The number of benzene rings is 3. The fourth-order valence-corrected chi connectivity index (χ4v) is 6.08. The molecule has 2 fully saturated rings. The van der Waals surface area contributed by atoms with E-state index in [0.29, 0.717) is 6.10 Å². The van der Waals surface area contributed by atoms with Crippen LogP contribution in [0, 0.1) is 0 Å². The van der Waals surface area contributed by atoms with Gasteiger partial charge in [-0.15, -0.1) is 0 Å². The van der Waals surface area contributed by atoms with Gasteiger partial charge in [-0.25, -0.2) is 4.79 Å². The highest BCUT2D eigenvalue weighted by Gasteiger charge is 2.65. The second kappa shape index (κ2) is 11.5. The lowest BCUT2D eigenvalue weighted by Gasteiger charge is -2.29. The van der Waals surface area contributed by atoms with E-state index in [-0.39, 0.29) is 11.8 Å². The van der Waals surface area contributed by atoms with Crippen molar-refractivity contribution >= 4 is 40.6 Å². The summed E-state index contributed by atoms with van der Waals surface area (Å²) in [6, 6.07) is 22.8. The van der Waals surface area contributed by atoms with E-state index >= 15 is 0 Å². The maximum absolute atomic E-state index is 12.9. The van der Waals surface area contributed by atoms with Crippen LogP contribution < -0.4 is 10.1 Å². The highest BCUT2D eigenvalue weighted by molar-refractivity contribution is 6.09. The number of carbonyl (C=O) groups excluding carboxylic acids is 1. The Hall–Kier alpha value is -4.64. The fraction of sp³-hybridized carbons (Fsp3) is 0.303. The van der Waals surface area contributed by atoms with Crippen molar-refractivity contribution in [3.63, 3.8) is 0 Å². The number of carbonyl (C=O) groups is 2. The molecule has 3 aliphatic rings. The molecule has 7 rings (SSSR count). The number of piperidine rings is 1. The molecular formula is C33H31F3N4O4. The van der Waals surface area contributed by atoms with Gasteiger partial charge >= 0.3 is 12.1 Å². The Morgan fingerprint density at radius 2 is 1.77 bits per heavy atom. The number of nitrogens with zero attached hydrogens (tertiary/aromatic N) is 2. The van der Waals surface area contributed by atoms with Crippen LogP contribution in [0.25, 0.3) is 23.1 Å². The number of anilines is 1. The molecule has 0 radical (unpaired) electrons. The van der Waals surface area contributed by atoms with E-state index in [1.807, 2.05) is 24.3 Å². The topological polar surface area (TPSA) is 108 Å². The van der Waals surface area contributed by atoms with Crippen LogP contribution >= 0.6 is 0 Å². The zero-order chi connectivity index (χ0) is 31.1. The maximum atomic E-state index is 12.9. The molecule has 1 saturated carbocycles. The Balaban J connectivity index is 0.000000441. The summed E-state index contributed by atoms with van der Waals surface area (Å²) in [6.45, 7) is 2.19. The van der Waals surface area contributed by atoms with Crippen LogP contribution in [0.3, 0.4) is 0 Å². The summed E-state index contributed by atoms with van der Waals surface area (Å²) in [5.41, 5.74) is 5.84. The van der Waals surface area contributed by atoms with Crippen LogP contribution in [0.15, 0.2) is 66.7 Å². The van der Waals surface area contributed by atoms with Crippen molar-refractivity contribution < 1.29 is 32.6 Å². The summed E-state index contributed by atoms with van der Waals surface area (Å²) < 4.78 is 37.9. The lowest BCUT2D eigenvalue weighted by Crippen LogP contribution is -2.35. The summed E-state index contributed by atoms with van der Waals surface area (Å²) in [4.78, 5) is 24.1. The van der Waals surface area contributed by atoms with Gasteiger partial charge in [0.15, 0.2) is 0 Å². The molecule has 2 aliphatic heterocycles. The molecule has 3 heterocycles. The summed E-state index contributed by atoms with van der Waals surface area (Å²) in [7, 11) is 2.16. The zero-order valence-electron chi connectivity index (χ0n) is 23.9. The second-order valence-corrected chi connectivity index (χ2v) is 11.5. The highest BCUT2D eigenvalue weighted by atomic mass is 19.4. The van der Waals surface area contributed by atoms with Crippen LogP contribution in [0.1, 0.15) is 47.6 Å². The average molecular weight is 605 g/mol. The zero-order valence-corrected chi connectivity index (χ0v) is 23.9. The largest absolute Gasteiger partial charge is 0.490 e. The van der Waals surface area contributed by atoms with E-state index in [1.165, 1.54) is 5.56 Å². The Morgan fingerprint density at radius 3 is 2.48 bits per heavy atom. The quantitative estimate of drug-likeness (QED) is 0.250. The van der Waals surface area contributed by atoms with Crippen molar-refractivity contribution in [3.8, 4) is 5.75 Å². The van der Waals surface area contributed by atoms with Gasteiger partial charge < -0.3 is 20.1 Å². The predicted molar refractivity (Wildman–Crippen MR) is 160 cm³/mol. The second-order valence-electron chi connectivity index (χ2n) is 11.5. The minimum atomic E-state index is -5.08. The van der Waals surface area contributed by atoms with Crippen molar-refractivity contribution in [1.29, 1.82) is 0 Å². The van der Waals surface area contributed by atoms with E-state index in [4.69, 9.17) is 14.6 Å². The Kier molecular flexibility index (Phi) is 7.66. The van der Waals surface area contributed by atoms with Crippen LogP contribution in [0.2, 0.25) is 0 Å². The number of amides is 1. The van der Waals surface area contributed by atoms with Gasteiger partial charge in [0.05, 0.1) is 16.6 Å². The Labute approximate surface area is 251 Å². The molecule has 228 valence electrons. The lowest BCUT2D eigenvalue weighted by molar-refractivity contribution is -0.192. The number of fused-ring (bicyclic) bond motifs is 3. The number of hydrogen-bond donors (Lipinski definition) is 3. The molecule has 11 heteroatoms. The molecule has 1 aromatic heterocycles. The number of rotatable bonds is 5. The van der Waals surface area contributed by atoms with Crippen molar-refractivity contribution in [1.82, 2.24) is 15.1 Å². The third-order valence-corrected chi connectivity index (χ3v) is 8.57. The summed E-state index contributed by atoms with van der Waals surface area (Å²) >= 11 is 0. The van der Waals surface area contributed by atoms with E-state index < -0.39 is 17.6 Å². The normalized spacial score (nSPS) is 21.6. The molecule has 3 aromatic carbocycles. The van der Waals surface area contributed by atoms with E-state index in [9.17, 15) is 18.0 Å².